The molecule has 0 radical (unpaired) electrons. The highest BCUT2D eigenvalue weighted by atomic mass is 16.5. The Kier molecular flexibility index (Phi) is 6.79. The number of benzene rings is 2. The van der Waals surface area contributed by atoms with Gasteiger partial charge in [0.2, 0.25) is 5.95 Å². The van der Waals surface area contributed by atoms with Crippen LogP contribution in [0.3, 0.4) is 0 Å². The second kappa shape index (κ2) is 9.68. The Morgan fingerprint density at radius 2 is 1.76 bits per heavy atom. The molecule has 0 aliphatic rings. The van der Waals surface area contributed by atoms with Crippen molar-refractivity contribution in [3.63, 3.8) is 0 Å². The summed E-state index contributed by atoms with van der Waals surface area (Å²) in [5, 5.41) is 3.18. The number of anilines is 2. The van der Waals surface area contributed by atoms with Gasteiger partial charge in [-0.1, -0.05) is 42.5 Å². The first kappa shape index (κ1) is 20.3. The molecule has 0 aliphatic carbocycles. The van der Waals surface area contributed by atoms with Crippen molar-refractivity contribution in [1.82, 2.24) is 14.9 Å². The third kappa shape index (κ3) is 5.31. The molecule has 0 saturated heterocycles. The lowest BCUT2D eigenvalue weighted by atomic mass is 10.2. The summed E-state index contributed by atoms with van der Waals surface area (Å²) in [5.74, 6) is 0.964. The molecule has 6 heteroatoms. The molecule has 1 heterocycles. The number of aryl methyl sites for hydroxylation is 1. The fourth-order valence-electron chi connectivity index (χ4n) is 3.00. The first-order valence-electron chi connectivity index (χ1n) is 9.78. The van der Waals surface area contributed by atoms with Gasteiger partial charge in [-0.3, -0.25) is 4.79 Å². The summed E-state index contributed by atoms with van der Waals surface area (Å²) < 4.78 is 5.65. The van der Waals surface area contributed by atoms with Crippen molar-refractivity contribution in [2.75, 3.05) is 18.5 Å². The Labute approximate surface area is 171 Å². The number of carbonyl (C=O) groups excluding carboxylic acids is 1. The van der Waals surface area contributed by atoms with Crippen LogP contribution in [0.1, 0.15) is 35.6 Å². The van der Waals surface area contributed by atoms with Gasteiger partial charge in [-0.25, -0.2) is 9.97 Å². The number of carbonyl (C=O) groups is 1. The number of ether oxygens (including phenoxy) is 1. The maximum absolute atomic E-state index is 13.1. The summed E-state index contributed by atoms with van der Waals surface area (Å²) in [4.78, 5) is 23.8. The zero-order chi connectivity index (χ0) is 20.6. The summed E-state index contributed by atoms with van der Waals surface area (Å²) in [6.07, 6.45) is 0. The van der Waals surface area contributed by atoms with Crippen LogP contribution in [0.4, 0.5) is 11.6 Å². The zero-order valence-electron chi connectivity index (χ0n) is 17.1. The summed E-state index contributed by atoms with van der Waals surface area (Å²) >= 11 is 0. The van der Waals surface area contributed by atoms with E-state index in [0.29, 0.717) is 37.1 Å². The SMILES string of the molecule is CCOc1ccccc1Nc1nc(C)cc(C(=O)N(CC)Cc2ccccc2)n1. The molecule has 0 fully saturated rings. The average molecular weight is 390 g/mol. The minimum absolute atomic E-state index is 0.122. The van der Waals surface area contributed by atoms with Crippen LogP contribution < -0.4 is 10.1 Å². The van der Waals surface area contributed by atoms with Crippen molar-refractivity contribution < 1.29 is 9.53 Å². The maximum atomic E-state index is 13.1. The molecule has 0 atom stereocenters. The smallest absolute Gasteiger partial charge is 0.272 e. The van der Waals surface area contributed by atoms with Gasteiger partial charge in [-0.15, -0.1) is 0 Å². The van der Waals surface area contributed by atoms with E-state index < -0.39 is 0 Å². The maximum Gasteiger partial charge on any atom is 0.272 e. The molecule has 0 unspecified atom stereocenters. The molecule has 29 heavy (non-hydrogen) atoms. The zero-order valence-corrected chi connectivity index (χ0v) is 17.1. The molecule has 0 aliphatic heterocycles. The summed E-state index contributed by atoms with van der Waals surface area (Å²) in [7, 11) is 0. The van der Waals surface area contributed by atoms with Crippen LogP contribution in [0.15, 0.2) is 60.7 Å². The van der Waals surface area contributed by atoms with Gasteiger partial charge in [0.15, 0.2) is 0 Å². The second-order valence-corrected chi connectivity index (χ2v) is 6.58. The molecule has 2 aromatic carbocycles. The third-order valence-electron chi connectivity index (χ3n) is 4.39. The van der Waals surface area contributed by atoms with Crippen LogP contribution in [0.2, 0.25) is 0 Å². The predicted octanol–water partition coefficient (Wildman–Crippen LogP) is 4.59. The summed E-state index contributed by atoms with van der Waals surface area (Å²) in [6, 6.07) is 19.2. The van der Waals surface area contributed by atoms with Gasteiger partial charge < -0.3 is 15.0 Å². The molecular weight excluding hydrogens is 364 g/mol. The van der Waals surface area contributed by atoms with Crippen molar-refractivity contribution in [3.05, 3.63) is 77.6 Å². The molecule has 1 N–H and O–H groups in total. The van der Waals surface area contributed by atoms with Crippen LogP contribution in [-0.2, 0) is 6.54 Å². The number of rotatable bonds is 8. The molecule has 3 aromatic rings. The first-order chi connectivity index (χ1) is 14.1. The number of aromatic nitrogens is 2. The molecule has 3 rings (SSSR count). The number of nitrogens with zero attached hydrogens (tertiary/aromatic N) is 3. The number of amides is 1. The minimum atomic E-state index is -0.122. The van der Waals surface area contributed by atoms with Crippen molar-refractivity contribution in [1.29, 1.82) is 0 Å². The largest absolute Gasteiger partial charge is 0.492 e. The van der Waals surface area contributed by atoms with E-state index in [1.165, 1.54) is 0 Å². The van der Waals surface area contributed by atoms with Gasteiger partial charge in [0.1, 0.15) is 11.4 Å². The molecule has 0 spiro atoms. The lowest BCUT2D eigenvalue weighted by Crippen LogP contribution is -2.31. The van der Waals surface area contributed by atoms with E-state index in [0.717, 1.165) is 16.9 Å². The van der Waals surface area contributed by atoms with E-state index in [-0.39, 0.29) is 5.91 Å². The quantitative estimate of drug-likeness (QED) is 0.609. The van der Waals surface area contributed by atoms with E-state index in [1.54, 1.807) is 11.0 Å². The number of para-hydroxylation sites is 2. The lowest BCUT2D eigenvalue weighted by Gasteiger charge is -2.21. The van der Waals surface area contributed by atoms with E-state index in [1.807, 2.05) is 75.4 Å². The lowest BCUT2D eigenvalue weighted by molar-refractivity contribution is 0.0746. The summed E-state index contributed by atoms with van der Waals surface area (Å²) in [5.41, 5.74) is 2.93. The Hall–Kier alpha value is -3.41. The monoisotopic (exact) mass is 390 g/mol. The standard InChI is InChI=1S/C23H26N4O2/c1-4-27(16-18-11-7-6-8-12-18)22(28)20-15-17(3)24-23(26-20)25-19-13-9-10-14-21(19)29-5-2/h6-15H,4-5,16H2,1-3H3,(H,24,25,26). The average Bonchev–Trinajstić information content (AvgIpc) is 2.73. The highest BCUT2D eigenvalue weighted by molar-refractivity contribution is 5.92. The molecule has 150 valence electrons. The van der Waals surface area contributed by atoms with Gasteiger partial charge in [0.05, 0.1) is 12.3 Å². The Morgan fingerprint density at radius 1 is 1.03 bits per heavy atom. The molecule has 6 nitrogen and oxygen atoms in total. The fraction of sp³-hybridized carbons (Fsp3) is 0.261. The van der Waals surface area contributed by atoms with Crippen molar-refractivity contribution in [2.24, 2.45) is 0 Å². The van der Waals surface area contributed by atoms with E-state index in [4.69, 9.17) is 4.74 Å². The predicted molar refractivity (Wildman–Crippen MR) is 115 cm³/mol. The van der Waals surface area contributed by atoms with Crippen LogP contribution in [-0.4, -0.2) is 33.9 Å². The van der Waals surface area contributed by atoms with Crippen molar-refractivity contribution in [2.45, 2.75) is 27.3 Å². The normalized spacial score (nSPS) is 10.4. The van der Waals surface area contributed by atoms with E-state index in [9.17, 15) is 4.79 Å². The third-order valence-corrected chi connectivity index (χ3v) is 4.39. The molecule has 1 aromatic heterocycles. The molecule has 0 bridgehead atoms. The van der Waals surface area contributed by atoms with Crippen LogP contribution >= 0.6 is 0 Å². The van der Waals surface area contributed by atoms with Gasteiger partial charge in [-0.2, -0.15) is 0 Å². The highest BCUT2D eigenvalue weighted by Gasteiger charge is 2.18. The van der Waals surface area contributed by atoms with Gasteiger partial charge in [-0.05, 0) is 44.5 Å². The van der Waals surface area contributed by atoms with Crippen LogP contribution in [0, 0.1) is 6.92 Å². The molecule has 0 saturated carbocycles. The summed E-state index contributed by atoms with van der Waals surface area (Å²) in [6.45, 7) is 7.44. The highest BCUT2D eigenvalue weighted by Crippen LogP contribution is 2.26. The van der Waals surface area contributed by atoms with E-state index >= 15 is 0 Å². The first-order valence-corrected chi connectivity index (χ1v) is 9.78. The second-order valence-electron chi connectivity index (χ2n) is 6.58. The van der Waals surface area contributed by atoms with Crippen molar-refractivity contribution in [3.8, 4) is 5.75 Å². The molecular formula is C23H26N4O2. The molecule has 1 amide bonds. The fourth-order valence-corrected chi connectivity index (χ4v) is 3.00. The Morgan fingerprint density at radius 3 is 2.48 bits per heavy atom. The topological polar surface area (TPSA) is 67.3 Å². The van der Waals surface area contributed by atoms with Gasteiger partial charge >= 0.3 is 0 Å². The van der Waals surface area contributed by atoms with Crippen LogP contribution in [0.25, 0.3) is 0 Å². The number of hydrogen-bond donors (Lipinski definition) is 1. The number of hydrogen-bond acceptors (Lipinski definition) is 5. The van der Waals surface area contributed by atoms with Gasteiger partial charge in [0, 0.05) is 18.8 Å². The Bertz CT molecular complexity index is 960. The minimum Gasteiger partial charge on any atom is -0.492 e. The van der Waals surface area contributed by atoms with E-state index in [2.05, 4.69) is 15.3 Å². The number of nitrogens with one attached hydrogen (secondary N) is 1. The van der Waals surface area contributed by atoms with Crippen molar-refractivity contribution >= 4 is 17.5 Å². The van der Waals surface area contributed by atoms with Crippen LogP contribution in [0.5, 0.6) is 5.75 Å². The Balaban J connectivity index is 1.83. The van der Waals surface area contributed by atoms with Gasteiger partial charge in [0.25, 0.3) is 5.91 Å².